The van der Waals surface area contributed by atoms with E-state index in [0.29, 0.717) is 36.8 Å². The van der Waals surface area contributed by atoms with E-state index in [4.69, 9.17) is 16.3 Å². The molecule has 0 atom stereocenters. The van der Waals surface area contributed by atoms with Crippen LogP contribution in [0.3, 0.4) is 0 Å². The summed E-state index contributed by atoms with van der Waals surface area (Å²) in [6, 6.07) is 12.8. The van der Waals surface area contributed by atoms with E-state index in [1.807, 2.05) is 35.2 Å². The van der Waals surface area contributed by atoms with Crippen LogP contribution in [0.5, 0.6) is 11.5 Å². The van der Waals surface area contributed by atoms with E-state index in [1.54, 1.807) is 12.1 Å². The van der Waals surface area contributed by atoms with E-state index in [9.17, 15) is 9.90 Å². The monoisotopic (exact) mass is 463 g/mol. The fourth-order valence-corrected chi connectivity index (χ4v) is 4.60. The Bertz CT molecular complexity index is 1150. The highest BCUT2D eigenvalue weighted by molar-refractivity contribution is 6.30. The van der Waals surface area contributed by atoms with Crippen molar-refractivity contribution in [2.75, 3.05) is 37.6 Å². The van der Waals surface area contributed by atoms with E-state index in [-0.39, 0.29) is 11.7 Å². The number of benzene rings is 2. The molecule has 0 spiro atoms. The Labute approximate surface area is 198 Å². The summed E-state index contributed by atoms with van der Waals surface area (Å²) in [5, 5.41) is 14.4. The molecule has 0 aliphatic carbocycles. The molecule has 3 heterocycles. The fourth-order valence-electron chi connectivity index (χ4n) is 4.48. The summed E-state index contributed by atoms with van der Waals surface area (Å²) in [7, 11) is 0. The van der Waals surface area contributed by atoms with Gasteiger partial charge in [0.2, 0.25) is 11.8 Å². The second kappa shape index (κ2) is 9.33. The number of fused-ring (bicyclic) bond motifs is 1. The van der Waals surface area contributed by atoms with Crippen molar-refractivity contribution in [2.24, 2.45) is 0 Å². The molecule has 6 nitrogen and oxygen atoms in total. The number of hydrogen-bond donors (Lipinski definition) is 2. The minimum Gasteiger partial charge on any atom is -0.508 e. The first-order valence-corrected chi connectivity index (χ1v) is 11.6. The molecule has 0 aromatic heterocycles. The maximum absolute atomic E-state index is 12.7. The largest absolute Gasteiger partial charge is 0.508 e. The Morgan fingerprint density at radius 1 is 1.15 bits per heavy atom. The van der Waals surface area contributed by atoms with Crippen molar-refractivity contribution >= 4 is 23.2 Å². The average Bonchev–Trinajstić information content (AvgIpc) is 2.98. The van der Waals surface area contributed by atoms with Crippen LogP contribution in [0.25, 0.3) is 0 Å². The second-order valence-electron chi connectivity index (χ2n) is 8.37. The number of allylic oxidation sites excluding steroid dienone is 3. The number of phenolic OH excluding ortho intramolecular Hbond substituents is 1. The van der Waals surface area contributed by atoms with Gasteiger partial charge in [-0.05, 0) is 48.4 Å². The lowest BCUT2D eigenvalue weighted by Gasteiger charge is -2.34. The minimum atomic E-state index is 0.0994. The van der Waals surface area contributed by atoms with Crippen molar-refractivity contribution in [2.45, 2.75) is 12.8 Å². The number of nitrogens with one attached hydrogen (secondary N) is 1. The van der Waals surface area contributed by atoms with Gasteiger partial charge in [0.15, 0.2) is 0 Å². The van der Waals surface area contributed by atoms with Gasteiger partial charge in [0.05, 0.1) is 6.54 Å². The first-order valence-electron chi connectivity index (χ1n) is 11.2. The molecular formula is C26H26ClN3O3. The molecular weight excluding hydrogens is 438 g/mol. The smallest absolute Gasteiger partial charge is 0.241 e. The molecule has 1 amide bonds. The number of carbonyl (C=O) groups excluding carboxylic acids is 1. The highest BCUT2D eigenvalue weighted by atomic mass is 35.5. The first-order chi connectivity index (χ1) is 16.1. The second-order valence-corrected chi connectivity index (χ2v) is 8.81. The molecule has 2 aromatic rings. The molecule has 170 valence electrons. The van der Waals surface area contributed by atoms with Crippen LogP contribution in [0, 0.1) is 0 Å². The summed E-state index contributed by atoms with van der Waals surface area (Å²) in [5.74, 6) is 1.74. The van der Waals surface area contributed by atoms with Gasteiger partial charge in [-0.15, -0.1) is 0 Å². The third kappa shape index (κ3) is 4.63. The number of piperazine rings is 1. The van der Waals surface area contributed by atoms with Crippen LogP contribution in [0.2, 0.25) is 5.02 Å². The number of ether oxygens (including phenoxy) is 1. The van der Waals surface area contributed by atoms with Crippen LogP contribution in [-0.4, -0.2) is 48.6 Å². The summed E-state index contributed by atoms with van der Waals surface area (Å²) in [5.41, 5.74) is 3.81. The predicted molar refractivity (Wildman–Crippen MR) is 130 cm³/mol. The molecule has 1 saturated heterocycles. The zero-order chi connectivity index (χ0) is 22.8. The standard InChI is InChI=1S/C26H26ClN3O3/c27-19-8-10-20(11-9-19)30-15-14-29(17-25(30)32)13-3-4-18-16-22-23(31)6-1-7-24(22)33-26-21(18)5-2-12-28-26/h1-2,4-11,28,31H,3,12-17H2/b18-4-. The van der Waals surface area contributed by atoms with Crippen LogP contribution in [0.15, 0.2) is 77.7 Å². The van der Waals surface area contributed by atoms with E-state index >= 15 is 0 Å². The van der Waals surface area contributed by atoms with Gasteiger partial charge in [-0.2, -0.15) is 0 Å². The molecule has 0 unspecified atom stereocenters. The normalized spacial score (nSPS) is 19.6. The number of aromatic hydroxyl groups is 1. The number of hydrogen-bond acceptors (Lipinski definition) is 5. The van der Waals surface area contributed by atoms with Crippen LogP contribution in [0.1, 0.15) is 12.0 Å². The van der Waals surface area contributed by atoms with Gasteiger partial charge in [0.25, 0.3) is 0 Å². The molecule has 3 aliphatic rings. The summed E-state index contributed by atoms with van der Waals surface area (Å²) >= 11 is 5.97. The van der Waals surface area contributed by atoms with Gasteiger partial charge in [-0.25, -0.2) is 0 Å². The van der Waals surface area contributed by atoms with Gasteiger partial charge in [0.1, 0.15) is 11.5 Å². The van der Waals surface area contributed by atoms with E-state index in [1.165, 1.54) is 0 Å². The van der Waals surface area contributed by atoms with E-state index in [2.05, 4.69) is 28.4 Å². The Morgan fingerprint density at radius 2 is 2.00 bits per heavy atom. The lowest BCUT2D eigenvalue weighted by Crippen LogP contribution is -2.50. The molecule has 2 N–H and O–H groups in total. The predicted octanol–water partition coefficient (Wildman–Crippen LogP) is 4.02. The summed E-state index contributed by atoms with van der Waals surface area (Å²) < 4.78 is 6.09. The number of phenols is 1. The average molecular weight is 464 g/mol. The number of rotatable bonds is 4. The topological polar surface area (TPSA) is 65.0 Å². The lowest BCUT2D eigenvalue weighted by molar-refractivity contribution is -0.121. The number of amides is 1. The van der Waals surface area contributed by atoms with Gasteiger partial charge in [-0.3, -0.25) is 9.69 Å². The molecule has 3 aliphatic heterocycles. The van der Waals surface area contributed by atoms with Gasteiger partial charge < -0.3 is 20.1 Å². The molecule has 2 aromatic carbocycles. The molecule has 0 bridgehead atoms. The first kappa shape index (κ1) is 21.6. The molecule has 0 saturated carbocycles. The summed E-state index contributed by atoms with van der Waals surface area (Å²) in [6.07, 6.45) is 7.75. The molecule has 0 radical (unpaired) electrons. The van der Waals surface area contributed by atoms with Crippen LogP contribution in [0.4, 0.5) is 5.69 Å². The molecule has 33 heavy (non-hydrogen) atoms. The highest BCUT2D eigenvalue weighted by Crippen LogP contribution is 2.37. The van der Waals surface area contributed by atoms with E-state index in [0.717, 1.165) is 47.8 Å². The Balaban J connectivity index is 1.27. The summed E-state index contributed by atoms with van der Waals surface area (Å²) in [6.45, 7) is 3.37. The quantitative estimate of drug-likeness (QED) is 0.717. The van der Waals surface area contributed by atoms with Gasteiger partial charge in [0, 0.05) is 54.4 Å². The Morgan fingerprint density at radius 3 is 2.82 bits per heavy atom. The molecule has 5 rings (SSSR count). The number of nitrogens with zero attached hydrogens (tertiary/aromatic N) is 2. The fraction of sp³-hybridized carbons (Fsp3) is 0.269. The zero-order valence-electron chi connectivity index (χ0n) is 18.3. The third-order valence-electron chi connectivity index (χ3n) is 6.22. The SMILES string of the molecule is O=C1CN(CC/C=C2/Cc3c(O)cccc3OC3=C2C=CCN3)CCN1c1ccc(Cl)cc1. The van der Waals surface area contributed by atoms with Crippen LogP contribution >= 0.6 is 11.6 Å². The van der Waals surface area contributed by atoms with Crippen LogP contribution in [-0.2, 0) is 11.2 Å². The van der Waals surface area contributed by atoms with Crippen molar-refractivity contribution in [3.05, 3.63) is 88.3 Å². The zero-order valence-corrected chi connectivity index (χ0v) is 19.0. The Hall–Kier alpha value is -3.22. The van der Waals surface area contributed by atoms with Crippen molar-refractivity contribution in [3.8, 4) is 11.5 Å². The van der Waals surface area contributed by atoms with Gasteiger partial charge in [-0.1, -0.05) is 35.9 Å². The van der Waals surface area contributed by atoms with Crippen molar-refractivity contribution in [1.29, 1.82) is 0 Å². The van der Waals surface area contributed by atoms with Gasteiger partial charge >= 0.3 is 0 Å². The maximum Gasteiger partial charge on any atom is 0.241 e. The number of carbonyl (C=O) groups is 1. The molecule has 7 heteroatoms. The van der Waals surface area contributed by atoms with Crippen LogP contribution < -0.4 is 15.0 Å². The van der Waals surface area contributed by atoms with Crippen molar-refractivity contribution in [3.63, 3.8) is 0 Å². The van der Waals surface area contributed by atoms with E-state index < -0.39 is 0 Å². The summed E-state index contributed by atoms with van der Waals surface area (Å²) in [4.78, 5) is 16.7. The Kier molecular flexibility index (Phi) is 6.11. The lowest BCUT2D eigenvalue weighted by atomic mass is 9.95. The maximum atomic E-state index is 12.7. The molecule has 1 fully saturated rings. The number of anilines is 1. The third-order valence-corrected chi connectivity index (χ3v) is 6.47. The van der Waals surface area contributed by atoms with Crippen molar-refractivity contribution < 1.29 is 14.6 Å². The van der Waals surface area contributed by atoms with Crippen molar-refractivity contribution in [1.82, 2.24) is 10.2 Å². The minimum absolute atomic E-state index is 0.0994. The number of halogens is 1. The highest BCUT2D eigenvalue weighted by Gasteiger charge is 2.26. The number of dihydropyridines is 1.